The zero-order valence-corrected chi connectivity index (χ0v) is 10.2. The van der Waals surface area contributed by atoms with Crippen LogP contribution in [0.5, 0.6) is 0 Å². The molecule has 0 unspecified atom stereocenters. The maximum absolute atomic E-state index is 11.5. The molecule has 0 radical (unpaired) electrons. The highest BCUT2D eigenvalue weighted by Crippen LogP contribution is 2.12. The first-order valence-electron chi connectivity index (χ1n) is 5.75. The number of carbonyl (C=O) groups excluding carboxylic acids is 2. The van der Waals surface area contributed by atoms with Gasteiger partial charge in [0.05, 0.1) is 6.54 Å². The van der Waals surface area contributed by atoms with Crippen molar-refractivity contribution in [2.24, 2.45) is 0 Å². The number of hydrogen-bond donors (Lipinski definition) is 2. The van der Waals surface area contributed by atoms with Gasteiger partial charge in [0.25, 0.3) is 0 Å². The van der Waals surface area contributed by atoms with Gasteiger partial charge in [-0.2, -0.15) is 0 Å². The maximum Gasteiger partial charge on any atom is 0.243 e. The van der Waals surface area contributed by atoms with Crippen LogP contribution in [0, 0.1) is 6.92 Å². The Kier molecular flexibility index (Phi) is 5.20. The third kappa shape index (κ3) is 4.68. The van der Waals surface area contributed by atoms with Crippen molar-refractivity contribution in [2.75, 3.05) is 11.9 Å². The van der Waals surface area contributed by atoms with Crippen LogP contribution in [0.4, 0.5) is 5.69 Å². The second kappa shape index (κ2) is 6.68. The Balaban J connectivity index is 2.40. The van der Waals surface area contributed by atoms with Crippen LogP contribution in [0.15, 0.2) is 24.3 Å². The maximum atomic E-state index is 11.5. The first kappa shape index (κ1) is 13.2. The molecule has 1 aromatic carbocycles. The van der Waals surface area contributed by atoms with Crippen LogP contribution in [-0.2, 0) is 9.59 Å². The number of para-hydroxylation sites is 1. The minimum atomic E-state index is -0.205. The summed E-state index contributed by atoms with van der Waals surface area (Å²) >= 11 is 0. The molecule has 0 heterocycles. The van der Waals surface area contributed by atoms with Crippen LogP contribution in [0.2, 0.25) is 0 Å². The average molecular weight is 234 g/mol. The van der Waals surface area contributed by atoms with Crippen LogP contribution in [-0.4, -0.2) is 18.4 Å². The molecule has 0 aliphatic carbocycles. The standard InChI is InChI=1S/C13H18N2O2/c1-3-6-12(16)14-9-13(17)15-11-8-5-4-7-10(11)2/h4-5,7-8H,3,6,9H2,1-2H3,(H,14,16)(H,15,17). The molecule has 2 N–H and O–H groups in total. The smallest absolute Gasteiger partial charge is 0.243 e. The highest BCUT2D eigenvalue weighted by Gasteiger charge is 2.05. The average Bonchev–Trinajstić information content (AvgIpc) is 2.30. The van der Waals surface area contributed by atoms with Crippen LogP contribution in [0.3, 0.4) is 0 Å². The van der Waals surface area contributed by atoms with E-state index < -0.39 is 0 Å². The van der Waals surface area contributed by atoms with Gasteiger partial charge in [0, 0.05) is 12.1 Å². The van der Waals surface area contributed by atoms with Crippen molar-refractivity contribution in [1.82, 2.24) is 5.32 Å². The first-order valence-corrected chi connectivity index (χ1v) is 5.75. The number of nitrogens with one attached hydrogen (secondary N) is 2. The van der Waals surface area contributed by atoms with E-state index in [0.29, 0.717) is 6.42 Å². The Morgan fingerprint density at radius 2 is 1.88 bits per heavy atom. The number of hydrogen-bond acceptors (Lipinski definition) is 2. The van der Waals surface area contributed by atoms with E-state index in [1.807, 2.05) is 38.1 Å². The predicted octanol–water partition coefficient (Wildman–Crippen LogP) is 1.85. The Hall–Kier alpha value is -1.84. The summed E-state index contributed by atoms with van der Waals surface area (Å²) in [4.78, 5) is 22.7. The van der Waals surface area contributed by atoms with Crippen molar-refractivity contribution in [1.29, 1.82) is 0 Å². The molecule has 1 aromatic rings. The number of amides is 2. The summed E-state index contributed by atoms with van der Waals surface area (Å²) in [6, 6.07) is 7.53. The van der Waals surface area contributed by atoms with Gasteiger partial charge >= 0.3 is 0 Å². The zero-order valence-electron chi connectivity index (χ0n) is 10.2. The number of rotatable bonds is 5. The molecule has 0 fully saturated rings. The van der Waals surface area contributed by atoms with Gasteiger partial charge in [-0.05, 0) is 25.0 Å². The van der Waals surface area contributed by atoms with Crippen molar-refractivity contribution in [2.45, 2.75) is 26.7 Å². The first-order chi connectivity index (χ1) is 8.13. The van der Waals surface area contributed by atoms with E-state index in [-0.39, 0.29) is 18.4 Å². The number of anilines is 1. The lowest BCUT2D eigenvalue weighted by Crippen LogP contribution is -2.32. The summed E-state index contributed by atoms with van der Waals surface area (Å²) < 4.78 is 0. The molecule has 0 atom stereocenters. The second-order valence-corrected chi connectivity index (χ2v) is 3.89. The number of aryl methyl sites for hydroxylation is 1. The minimum Gasteiger partial charge on any atom is -0.347 e. The second-order valence-electron chi connectivity index (χ2n) is 3.89. The van der Waals surface area contributed by atoms with E-state index in [1.54, 1.807) is 0 Å². The lowest BCUT2D eigenvalue weighted by atomic mass is 10.2. The monoisotopic (exact) mass is 234 g/mol. The molecule has 4 heteroatoms. The molecular formula is C13H18N2O2. The fraction of sp³-hybridized carbons (Fsp3) is 0.385. The van der Waals surface area contributed by atoms with Gasteiger partial charge < -0.3 is 10.6 Å². The molecule has 0 saturated carbocycles. The Bertz CT molecular complexity index is 402. The van der Waals surface area contributed by atoms with Gasteiger partial charge in [-0.3, -0.25) is 9.59 Å². The third-order valence-corrected chi connectivity index (χ3v) is 2.34. The molecule has 0 saturated heterocycles. The molecule has 0 aromatic heterocycles. The lowest BCUT2D eigenvalue weighted by molar-refractivity contribution is -0.124. The fourth-order valence-corrected chi connectivity index (χ4v) is 1.40. The van der Waals surface area contributed by atoms with Gasteiger partial charge in [-0.1, -0.05) is 25.1 Å². The molecular weight excluding hydrogens is 216 g/mol. The van der Waals surface area contributed by atoms with Crippen LogP contribution >= 0.6 is 0 Å². The van der Waals surface area contributed by atoms with Gasteiger partial charge in [0.15, 0.2) is 0 Å². The van der Waals surface area contributed by atoms with Crippen LogP contribution in [0.25, 0.3) is 0 Å². The zero-order chi connectivity index (χ0) is 12.7. The Morgan fingerprint density at radius 1 is 1.18 bits per heavy atom. The Labute approximate surface area is 101 Å². The molecule has 1 rings (SSSR count). The van der Waals surface area contributed by atoms with Crippen molar-refractivity contribution < 1.29 is 9.59 Å². The topological polar surface area (TPSA) is 58.2 Å². The minimum absolute atomic E-state index is 0.0210. The summed E-state index contributed by atoms with van der Waals surface area (Å²) in [6.07, 6.45) is 1.24. The van der Waals surface area contributed by atoms with Gasteiger partial charge in [-0.15, -0.1) is 0 Å². The number of carbonyl (C=O) groups is 2. The van der Waals surface area contributed by atoms with Gasteiger partial charge in [-0.25, -0.2) is 0 Å². The van der Waals surface area contributed by atoms with Crippen molar-refractivity contribution in [3.63, 3.8) is 0 Å². The SMILES string of the molecule is CCCC(=O)NCC(=O)Nc1ccccc1C. The molecule has 17 heavy (non-hydrogen) atoms. The van der Waals surface area contributed by atoms with Crippen LogP contribution < -0.4 is 10.6 Å². The van der Waals surface area contributed by atoms with Gasteiger partial charge in [0.2, 0.25) is 11.8 Å². The molecule has 0 bridgehead atoms. The van der Waals surface area contributed by atoms with E-state index in [0.717, 1.165) is 17.7 Å². The largest absolute Gasteiger partial charge is 0.347 e. The molecule has 0 aliphatic heterocycles. The highest BCUT2D eigenvalue weighted by atomic mass is 16.2. The van der Waals surface area contributed by atoms with E-state index in [1.165, 1.54) is 0 Å². The fourth-order valence-electron chi connectivity index (χ4n) is 1.40. The molecule has 2 amide bonds. The van der Waals surface area contributed by atoms with Crippen molar-refractivity contribution >= 4 is 17.5 Å². The predicted molar refractivity (Wildman–Crippen MR) is 67.7 cm³/mol. The normalized spacial score (nSPS) is 9.76. The van der Waals surface area contributed by atoms with Crippen molar-refractivity contribution in [3.8, 4) is 0 Å². The Morgan fingerprint density at radius 3 is 2.53 bits per heavy atom. The molecule has 4 nitrogen and oxygen atoms in total. The van der Waals surface area contributed by atoms with Crippen LogP contribution in [0.1, 0.15) is 25.3 Å². The quantitative estimate of drug-likeness (QED) is 0.816. The molecule has 0 spiro atoms. The summed E-state index contributed by atoms with van der Waals surface area (Å²) in [7, 11) is 0. The van der Waals surface area contributed by atoms with Gasteiger partial charge in [0.1, 0.15) is 0 Å². The lowest BCUT2D eigenvalue weighted by Gasteiger charge is -2.08. The summed E-state index contributed by atoms with van der Waals surface area (Å²) in [6.45, 7) is 3.87. The summed E-state index contributed by atoms with van der Waals surface area (Å²) in [5.74, 6) is -0.295. The van der Waals surface area contributed by atoms with E-state index in [9.17, 15) is 9.59 Å². The number of benzene rings is 1. The molecule has 92 valence electrons. The molecule has 0 aliphatic rings. The third-order valence-electron chi connectivity index (χ3n) is 2.34. The summed E-state index contributed by atoms with van der Waals surface area (Å²) in [5.41, 5.74) is 1.78. The van der Waals surface area contributed by atoms with Crippen molar-refractivity contribution in [3.05, 3.63) is 29.8 Å². The highest BCUT2D eigenvalue weighted by molar-refractivity contribution is 5.95. The van der Waals surface area contributed by atoms with E-state index >= 15 is 0 Å². The van der Waals surface area contributed by atoms with E-state index in [2.05, 4.69) is 10.6 Å². The van der Waals surface area contributed by atoms with E-state index in [4.69, 9.17) is 0 Å². The summed E-state index contributed by atoms with van der Waals surface area (Å²) in [5, 5.41) is 5.33.